The number of hydroxylamine groups is 1. The Morgan fingerprint density at radius 3 is 2.78 bits per heavy atom. The normalized spacial score (nSPS) is 16.4. The van der Waals surface area contributed by atoms with Crippen molar-refractivity contribution in [1.82, 2.24) is 15.8 Å². The molecule has 0 amide bonds. The molecule has 0 spiro atoms. The summed E-state index contributed by atoms with van der Waals surface area (Å²) in [5.74, 6) is -0.151. The molecular weight excluding hydrogens is 421 g/mol. The van der Waals surface area contributed by atoms with E-state index in [1.165, 1.54) is 24.6 Å². The van der Waals surface area contributed by atoms with Crippen LogP contribution in [0, 0.1) is 5.82 Å². The van der Waals surface area contributed by atoms with Crippen LogP contribution in [0.1, 0.15) is 37.8 Å². The summed E-state index contributed by atoms with van der Waals surface area (Å²) >= 11 is 3.08. The van der Waals surface area contributed by atoms with Gasteiger partial charge in [0.1, 0.15) is 5.82 Å². The summed E-state index contributed by atoms with van der Waals surface area (Å²) in [6.07, 6.45) is 5.48. The number of benzene rings is 1. The van der Waals surface area contributed by atoms with Crippen LogP contribution in [0.3, 0.4) is 0 Å². The highest BCUT2D eigenvalue weighted by molar-refractivity contribution is 9.10. The van der Waals surface area contributed by atoms with E-state index in [0.29, 0.717) is 5.69 Å². The summed E-state index contributed by atoms with van der Waals surface area (Å²) in [6.45, 7) is 0. The van der Waals surface area contributed by atoms with Gasteiger partial charge >= 0.3 is 0 Å². The number of guanidine groups is 1. The van der Waals surface area contributed by atoms with E-state index in [-0.39, 0.29) is 33.8 Å². The van der Waals surface area contributed by atoms with Crippen molar-refractivity contribution in [3.63, 3.8) is 0 Å². The number of nitrogens with one attached hydrogen (secondary N) is 2. The zero-order valence-electron chi connectivity index (χ0n) is 14.3. The Hall–Kier alpha value is -2.53. The van der Waals surface area contributed by atoms with Gasteiger partial charge in [0.2, 0.25) is 5.82 Å². The number of halogens is 2. The Morgan fingerprint density at radius 2 is 2.07 bits per heavy atom. The smallest absolute Gasteiger partial charge is 0.208 e. The van der Waals surface area contributed by atoms with Gasteiger partial charge in [-0.1, -0.05) is 19.3 Å². The minimum Gasteiger partial charge on any atom is -0.370 e. The van der Waals surface area contributed by atoms with Crippen molar-refractivity contribution >= 4 is 39.2 Å². The topological polar surface area (TPSA) is 134 Å². The lowest BCUT2D eigenvalue weighted by Gasteiger charge is -2.18. The number of anilines is 1. The first-order chi connectivity index (χ1) is 13.1. The third-order valence-corrected chi connectivity index (χ3v) is 4.71. The van der Waals surface area contributed by atoms with Gasteiger partial charge in [0.05, 0.1) is 16.2 Å². The molecule has 1 aromatic heterocycles. The molecule has 27 heavy (non-hydrogen) atoms. The Morgan fingerprint density at radius 1 is 1.30 bits per heavy atom. The second-order valence-corrected chi connectivity index (χ2v) is 6.92. The maximum Gasteiger partial charge on any atom is 0.208 e. The van der Waals surface area contributed by atoms with E-state index in [4.69, 9.17) is 10.4 Å². The number of aromatic nitrogens is 2. The second kappa shape index (κ2) is 8.91. The van der Waals surface area contributed by atoms with Crippen LogP contribution >= 0.6 is 15.9 Å². The molecule has 0 atom stereocenters. The van der Waals surface area contributed by atoms with E-state index in [1.807, 2.05) is 5.48 Å². The van der Waals surface area contributed by atoms with E-state index >= 15 is 0 Å². The van der Waals surface area contributed by atoms with Gasteiger partial charge in [-0.15, -0.1) is 0 Å². The number of hydrogen-bond acceptors (Lipinski definition) is 6. The number of aliphatic imine (C=N–C) groups is 2. The highest BCUT2D eigenvalue weighted by Crippen LogP contribution is 2.23. The molecule has 144 valence electrons. The molecule has 11 heteroatoms. The predicted octanol–water partition coefficient (Wildman–Crippen LogP) is 3.09. The fourth-order valence-electron chi connectivity index (χ4n) is 2.80. The first-order valence-electron chi connectivity index (χ1n) is 8.44. The van der Waals surface area contributed by atoms with Crippen molar-refractivity contribution in [3.8, 4) is 0 Å². The van der Waals surface area contributed by atoms with Crippen molar-refractivity contribution in [3.05, 3.63) is 34.2 Å². The lowest BCUT2D eigenvalue weighted by Crippen LogP contribution is -2.28. The first-order valence-corrected chi connectivity index (χ1v) is 9.23. The standard InChI is InChI=1S/C16H19BrFN7O2/c17-11-8-10(6-7-12(11)18)20-14(23-26)13-15(25-27-24-13)22-16(19)21-9-4-2-1-3-5-9/h6-9,26H,1-5H2,(H,20,23)(H3,19,21,22,25). The van der Waals surface area contributed by atoms with Gasteiger partial charge in [0.25, 0.3) is 0 Å². The molecule has 5 N–H and O–H groups in total. The molecule has 2 aromatic rings. The summed E-state index contributed by atoms with van der Waals surface area (Å²) in [7, 11) is 0. The van der Waals surface area contributed by atoms with Gasteiger partial charge in [0, 0.05) is 0 Å². The van der Waals surface area contributed by atoms with Crippen LogP contribution in [0.5, 0.6) is 0 Å². The van der Waals surface area contributed by atoms with Gasteiger partial charge in [-0.25, -0.2) is 19.0 Å². The quantitative estimate of drug-likeness (QED) is 0.326. The molecule has 0 unspecified atom stereocenters. The zero-order valence-corrected chi connectivity index (χ0v) is 15.9. The Bertz CT molecular complexity index is 849. The number of hydrogen-bond donors (Lipinski definition) is 4. The van der Waals surface area contributed by atoms with Crippen molar-refractivity contribution in [2.75, 3.05) is 5.32 Å². The molecule has 0 saturated heterocycles. The van der Waals surface area contributed by atoms with Gasteiger partial charge in [-0.2, -0.15) is 0 Å². The molecule has 0 bridgehead atoms. The Kier molecular flexibility index (Phi) is 6.35. The molecule has 1 fully saturated rings. The lowest BCUT2D eigenvalue weighted by atomic mass is 9.96. The highest BCUT2D eigenvalue weighted by atomic mass is 79.9. The van der Waals surface area contributed by atoms with Crippen molar-refractivity contribution < 1.29 is 14.2 Å². The van der Waals surface area contributed by atoms with Crippen LogP contribution < -0.4 is 16.5 Å². The molecule has 1 heterocycles. The molecule has 1 aromatic carbocycles. The van der Waals surface area contributed by atoms with Gasteiger partial charge < -0.3 is 11.1 Å². The number of nitrogens with two attached hydrogens (primary N) is 1. The largest absolute Gasteiger partial charge is 0.370 e. The van der Waals surface area contributed by atoms with Crippen LogP contribution in [0.15, 0.2) is 37.3 Å². The van der Waals surface area contributed by atoms with E-state index in [2.05, 4.69) is 41.5 Å². The maximum atomic E-state index is 13.4. The number of rotatable bonds is 4. The monoisotopic (exact) mass is 439 g/mol. The Balaban J connectivity index is 1.80. The lowest BCUT2D eigenvalue weighted by molar-refractivity contribution is 0.234. The minimum atomic E-state index is -0.426. The second-order valence-electron chi connectivity index (χ2n) is 6.06. The summed E-state index contributed by atoms with van der Waals surface area (Å²) in [5, 5.41) is 19.7. The molecule has 9 nitrogen and oxygen atoms in total. The predicted molar refractivity (Wildman–Crippen MR) is 102 cm³/mol. The average Bonchev–Trinajstić information content (AvgIpc) is 3.11. The molecule has 1 saturated carbocycles. The maximum absolute atomic E-state index is 13.4. The van der Waals surface area contributed by atoms with Gasteiger partial charge in [-0.3, -0.25) is 10.7 Å². The number of nitrogens with zero attached hydrogens (tertiary/aromatic N) is 4. The van der Waals surface area contributed by atoms with E-state index < -0.39 is 5.82 Å². The van der Waals surface area contributed by atoms with Crippen LogP contribution in [0.4, 0.5) is 15.9 Å². The van der Waals surface area contributed by atoms with Crippen LogP contribution in [-0.4, -0.2) is 33.4 Å². The fraction of sp³-hybridized carbons (Fsp3) is 0.375. The van der Waals surface area contributed by atoms with Crippen molar-refractivity contribution in [1.29, 1.82) is 0 Å². The van der Waals surface area contributed by atoms with Crippen LogP contribution in [-0.2, 0) is 0 Å². The zero-order chi connectivity index (χ0) is 19.2. The fourth-order valence-corrected chi connectivity index (χ4v) is 3.17. The highest BCUT2D eigenvalue weighted by Gasteiger charge is 2.19. The third-order valence-electron chi connectivity index (χ3n) is 4.11. The summed E-state index contributed by atoms with van der Waals surface area (Å²) < 4.78 is 18.3. The van der Waals surface area contributed by atoms with Crippen molar-refractivity contribution in [2.24, 2.45) is 15.7 Å². The van der Waals surface area contributed by atoms with Crippen LogP contribution in [0.25, 0.3) is 0 Å². The third kappa shape index (κ3) is 5.01. The van der Waals surface area contributed by atoms with Gasteiger partial charge in [0.15, 0.2) is 17.5 Å². The molecule has 1 aliphatic rings. The van der Waals surface area contributed by atoms with E-state index in [9.17, 15) is 9.60 Å². The number of amidine groups is 1. The van der Waals surface area contributed by atoms with Crippen LogP contribution in [0.2, 0.25) is 0 Å². The van der Waals surface area contributed by atoms with Gasteiger partial charge in [-0.05, 0) is 57.3 Å². The minimum absolute atomic E-state index is 0.0530. The first kappa shape index (κ1) is 19.2. The SMILES string of the molecule is NC(=NC1CCCCC1)Nc1nonc1C(=Nc1ccc(F)c(Br)c1)NO. The summed E-state index contributed by atoms with van der Waals surface area (Å²) in [4.78, 5) is 8.63. The summed E-state index contributed by atoms with van der Waals surface area (Å²) in [5.41, 5.74) is 8.36. The summed E-state index contributed by atoms with van der Waals surface area (Å²) in [6, 6.07) is 4.31. The molecular formula is C16H19BrFN7O2. The van der Waals surface area contributed by atoms with E-state index in [1.54, 1.807) is 0 Å². The Labute approximate surface area is 163 Å². The average molecular weight is 440 g/mol. The van der Waals surface area contributed by atoms with Crippen molar-refractivity contribution in [2.45, 2.75) is 38.1 Å². The van der Waals surface area contributed by atoms with E-state index in [0.717, 1.165) is 25.7 Å². The molecule has 0 radical (unpaired) electrons. The molecule has 3 rings (SSSR count). The molecule has 1 aliphatic carbocycles. The molecule has 0 aliphatic heterocycles.